The highest BCUT2D eigenvalue weighted by Gasteiger charge is 2.25. The molecule has 13 heteroatoms. The second-order valence-corrected chi connectivity index (χ2v) is 6.91. The van der Waals surface area contributed by atoms with Gasteiger partial charge in [0.05, 0.1) is 5.69 Å². The maximum Gasteiger partial charge on any atom is 0.322 e. The summed E-state index contributed by atoms with van der Waals surface area (Å²) >= 11 is 0.517. The van der Waals surface area contributed by atoms with E-state index in [1.807, 2.05) is 0 Å². The Kier molecular flexibility index (Phi) is 10.3. The standard InChI is InChI=1S/C17H22N4O8S/c18-11(16(26)27)6-7-13(22)20-12(15(25)19-8-14(23)24)9-30-17(28)21(29)10-4-2-1-3-5-10/h1-5,11-12,29H,6-9,18H2,(H,19,25)(H,20,22)(H,23,24)(H,26,27)/t11-,12-/m0/s1. The molecule has 12 nitrogen and oxygen atoms in total. The number of thioether (sulfide) groups is 1. The van der Waals surface area contributed by atoms with Gasteiger partial charge in [-0.05, 0) is 18.6 Å². The molecule has 0 fully saturated rings. The van der Waals surface area contributed by atoms with Crippen molar-refractivity contribution in [3.05, 3.63) is 30.3 Å². The number of hydroxylamine groups is 1. The van der Waals surface area contributed by atoms with E-state index in [2.05, 4.69) is 10.6 Å². The average molecular weight is 442 g/mol. The van der Waals surface area contributed by atoms with E-state index < -0.39 is 47.6 Å². The van der Waals surface area contributed by atoms with Gasteiger partial charge in [-0.1, -0.05) is 30.0 Å². The highest BCUT2D eigenvalue weighted by Crippen LogP contribution is 2.17. The van der Waals surface area contributed by atoms with Crippen LogP contribution in [0, 0.1) is 0 Å². The molecule has 0 spiro atoms. The second kappa shape index (κ2) is 12.4. The molecule has 0 aliphatic carbocycles. The normalized spacial score (nSPS) is 12.3. The molecular weight excluding hydrogens is 420 g/mol. The topological polar surface area (TPSA) is 199 Å². The highest BCUT2D eigenvalue weighted by atomic mass is 32.2. The number of carboxylic acids is 2. The number of carbonyl (C=O) groups is 5. The van der Waals surface area contributed by atoms with Crippen molar-refractivity contribution in [2.75, 3.05) is 17.4 Å². The summed E-state index contributed by atoms with van der Waals surface area (Å²) in [6.07, 6.45) is -0.486. The van der Waals surface area contributed by atoms with Crippen LogP contribution < -0.4 is 21.4 Å². The van der Waals surface area contributed by atoms with Crippen molar-refractivity contribution in [1.82, 2.24) is 10.6 Å². The van der Waals surface area contributed by atoms with Crippen molar-refractivity contribution >= 4 is 46.4 Å². The molecule has 0 bridgehead atoms. The van der Waals surface area contributed by atoms with Gasteiger partial charge in [-0.2, -0.15) is 5.06 Å². The Morgan fingerprint density at radius 2 is 1.73 bits per heavy atom. The number of aliphatic carboxylic acids is 2. The summed E-state index contributed by atoms with van der Waals surface area (Å²) in [7, 11) is 0. The van der Waals surface area contributed by atoms with E-state index in [0.717, 1.165) is 0 Å². The van der Waals surface area contributed by atoms with E-state index in [4.69, 9.17) is 15.9 Å². The fourth-order valence-corrected chi connectivity index (χ4v) is 2.81. The second-order valence-electron chi connectivity index (χ2n) is 5.94. The molecular formula is C17H22N4O8S. The fourth-order valence-electron chi connectivity index (χ4n) is 2.04. The summed E-state index contributed by atoms with van der Waals surface area (Å²) in [5.74, 6) is -4.49. The van der Waals surface area contributed by atoms with Crippen LogP contribution in [0.1, 0.15) is 12.8 Å². The predicted molar refractivity (Wildman–Crippen MR) is 106 cm³/mol. The number of carbonyl (C=O) groups excluding carboxylic acids is 3. The van der Waals surface area contributed by atoms with Gasteiger partial charge in [-0.3, -0.25) is 29.2 Å². The van der Waals surface area contributed by atoms with Crippen molar-refractivity contribution < 1.29 is 39.4 Å². The first-order valence-corrected chi connectivity index (χ1v) is 9.58. The Bertz CT molecular complexity index is 776. The maximum absolute atomic E-state index is 12.2. The smallest absolute Gasteiger partial charge is 0.322 e. The van der Waals surface area contributed by atoms with Crippen LogP contribution in [0.4, 0.5) is 10.5 Å². The molecule has 1 rings (SSSR count). The number of rotatable bonds is 11. The number of nitrogens with two attached hydrogens (primary N) is 1. The maximum atomic E-state index is 12.2. The molecule has 0 aliphatic heterocycles. The van der Waals surface area contributed by atoms with Gasteiger partial charge in [0, 0.05) is 12.2 Å². The molecule has 0 aliphatic rings. The Morgan fingerprint density at radius 3 is 2.30 bits per heavy atom. The lowest BCUT2D eigenvalue weighted by atomic mass is 10.1. The van der Waals surface area contributed by atoms with Crippen molar-refractivity contribution in [3.8, 4) is 0 Å². The van der Waals surface area contributed by atoms with E-state index in [0.29, 0.717) is 16.8 Å². The molecule has 0 saturated heterocycles. The SMILES string of the molecule is N[C@@H](CCC(=O)N[C@@H](CSC(=O)N(O)c1ccccc1)C(=O)NCC(=O)O)C(=O)O. The molecule has 0 saturated carbocycles. The van der Waals surface area contributed by atoms with Crippen LogP contribution in [0.5, 0.6) is 0 Å². The molecule has 30 heavy (non-hydrogen) atoms. The Labute approximate surface area is 175 Å². The van der Waals surface area contributed by atoms with E-state index in [1.165, 1.54) is 12.1 Å². The number of benzene rings is 1. The number of nitrogens with one attached hydrogen (secondary N) is 2. The van der Waals surface area contributed by atoms with E-state index in [-0.39, 0.29) is 24.3 Å². The highest BCUT2D eigenvalue weighted by molar-refractivity contribution is 8.13. The van der Waals surface area contributed by atoms with Crippen molar-refractivity contribution in [3.63, 3.8) is 0 Å². The number of amides is 3. The zero-order valence-corrected chi connectivity index (χ0v) is 16.5. The van der Waals surface area contributed by atoms with Crippen molar-refractivity contribution in [2.45, 2.75) is 24.9 Å². The van der Waals surface area contributed by atoms with Crippen molar-refractivity contribution in [1.29, 1.82) is 0 Å². The van der Waals surface area contributed by atoms with Gasteiger partial charge in [0.1, 0.15) is 18.6 Å². The summed E-state index contributed by atoms with van der Waals surface area (Å²) in [6, 6.07) is 5.26. The van der Waals surface area contributed by atoms with Gasteiger partial charge in [0.15, 0.2) is 0 Å². The predicted octanol–water partition coefficient (Wildman–Crippen LogP) is -0.387. The van der Waals surface area contributed by atoms with Crippen LogP contribution in [-0.4, -0.2) is 68.8 Å². The molecule has 0 heterocycles. The van der Waals surface area contributed by atoms with Gasteiger partial charge < -0.3 is 26.6 Å². The number of para-hydroxylation sites is 1. The van der Waals surface area contributed by atoms with Crippen LogP contribution in [0.15, 0.2) is 30.3 Å². The third kappa shape index (κ3) is 8.89. The minimum atomic E-state index is -1.31. The van der Waals surface area contributed by atoms with Crippen LogP contribution in [0.3, 0.4) is 0 Å². The molecule has 1 aromatic carbocycles. The zero-order chi connectivity index (χ0) is 22.7. The van der Waals surface area contributed by atoms with E-state index in [9.17, 15) is 29.2 Å². The average Bonchev–Trinajstić information content (AvgIpc) is 2.72. The van der Waals surface area contributed by atoms with Gasteiger partial charge >= 0.3 is 17.2 Å². The third-order valence-corrected chi connectivity index (χ3v) is 4.53. The summed E-state index contributed by atoms with van der Waals surface area (Å²) in [5, 5.41) is 31.2. The van der Waals surface area contributed by atoms with Crippen LogP contribution in [-0.2, 0) is 19.2 Å². The van der Waals surface area contributed by atoms with Crippen LogP contribution >= 0.6 is 11.8 Å². The first-order valence-electron chi connectivity index (χ1n) is 8.60. The number of hydrogen-bond acceptors (Lipinski definition) is 8. The van der Waals surface area contributed by atoms with Gasteiger partial charge in [0.25, 0.3) is 0 Å². The first-order chi connectivity index (χ1) is 14.1. The Morgan fingerprint density at radius 1 is 1.10 bits per heavy atom. The third-order valence-electron chi connectivity index (χ3n) is 3.61. The van der Waals surface area contributed by atoms with Crippen LogP contribution in [0.25, 0.3) is 0 Å². The van der Waals surface area contributed by atoms with Gasteiger partial charge in [-0.15, -0.1) is 0 Å². The Hall–Kier alpha value is -3.16. The lowest BCUT2D eigenvalue weighted by Crippen LogP contribution is -2.50. The van der Waals surface area contributed by atoms with E-state index >= 15 is 0 Å². The minimum Gasteiger partial charge on any atom is -0.480 e. The summed E-state index contributed by atoms with van der Waals surface area (Å²) < 4.78 is 0. The molecule has 164 valence electrons. The van der Waals surface area contributed by atoms with Crippen molar-refractivity contribution in [2.24, 2.45) is 5.73 Å². The summed E-state index contributed by atoms with van der Waals surface area (Å²) in [4.78, 5) is 57.7. The largest absolute Gasteiger partial charge is 0.480 e. The molecule has 3 amide bonds. The quantitative estimate of drug-likeness (QED) is 0.194. The summed E-state index contributed by atoms with van der Waals surface area (Å²) in [6.45, 7) is -0.705. The molecule has 0 radical (unpaired) electrons. The first kappa shape index (κ1) is 24.9. The monoisotopic (exact) mass is 442 g/mol. The number of nitrogens with zero attached hydrogens (tertiary/aromatic N) is 1. The molecule has 0 unspecified atom stereocenters. The minimum absolute atomic E-state index is 0.185. The van der Waals surface area contributed by atoms with Gasteiger partial charge in [0.2, 0.25) is 11.8 Å². The molecule has 1 aromatic rings. The lowest BCUT2D eigenvalue weighted by molar-refractivity contribution is -0.139. The zero-order valence-electron chi connectivity index (χ0n) is 15.7. The lowest BCUT2D eigenvalue weighted by Gasteiger charge is -2.19. The number of hydrogen-bond donors (Lipinski definition) is 6. The fraction of sp³-hybridized carbons (Fsp3) is 0.353. The molecule has 0 aromatic heterocycles. The van der Waals surface area contributed by atoms with Crippen LogP contribution in [0.2, 0.25) is 0 Å². The molecule has 2 atom stereocenters. The van der Waals surface area contributed by atoms with E-state index in [1.54, 1.807) is 18.2 Å². The summed E-state index contributed by atoms with van der Waals surface area (Å²) in [5.41, 5.74) is 5.51. The molecule has 7 N–H and O–H groups in total. The number of carboxylic acid groups (broad SMARTS) is 2. The number of anilines is 1. The van der Waals surface area contributed by atoms with Gasteiger partial charge in [-0.25, -0.2) is 0 Å². The Balaban J connectivity index is 2.71.